The number of sulfonamides is 1. The van der Waals surface area contributed by atoms with E-state index in [1.165, 1.54) is 6.07 Å². The molecule has 0 radical (unpaired) electrons. The molecule has 0 spiro atoms. The van der Waals surface area contributed by atoms with Crippen LogP contribution in [0, 0.1) is 11.6 Å². The Morgan fingerprint density at radius 2 is 1.70 bits per heavy atom. The number of halogens is 2. The lowest BCUT2D eigenvalue weighted by molar-refractivity contribution is 0.0696. The van der Waals surface area contributed by atoms with Gasteiger partial charge < -0.3 is 5.11 Å². The van der Waals surface area contributed by atoms with Crippen molar-refractivity contribution in [1.82, 2.24) is 0 Å². The van der Waals surface area contributed by atoms with E-state index in [0.29, 0.717) is 36.6 Å². The molecule has 0 saturated carbocycles. The number of benzene rings is 3. The molecule has 0 saturated heterocycles. The van der Waals surface area contributed by atoms with E-state index in [2.05, 4.69) is 4.72 Å². The topological polar surface area (TPSA) is 83.5 Å². The highest BCUT2D eigenvalue weighted by Crippen LogP contribution is 2.24. The third-order valence-electron chi connectivity index (χ3n) is 4.53. The van der Waals surface area contributed by atoms with E-state index in [4.69, 9.17) is 5.11 Å². The molecule has 0 aromatic heterocycles. The second-order valence-corrected chi connectivity index (χ2v) is 8.35. The monoisotopic (exact) mass is 431 g/mol. The maximum Gasteiger partial charge on any atom is 0.335 e. The van der Waals surface area contributed by atoms with Gasteiger partial charge in [-0.05, 0) is 60.7 Å². The number of carboxylic acids is 1. The summed E-state index contributed by atoms with van der Waals surface area (Å²) < 4.78 is 54.5. The van der Waals surface area contributed by atoms with Crippen LogP contribution in [0.25, 0.3) is 0 Å². The Kier molecular flexibility index (Phi) is 6.47. The Bertz CT molecular complexity index is 1180. The molecular weight excluding hydrogens is 412 g/mol. The summed E-state index contributed by atoms with van der Waals surface area (Å²) in [5.41, 5.74) is 2.09. The Balaban J connectivity index is 1.73. The number of rotatable bonds is 8. The quantitative estimate of drug-likeness (QED) is 0.544. The van der Waals surface area contributed by atoms with Crippen LogP contribution in [0.15, 0.2) is 71.6 Å². The van der Waals surface area contributed by atoms with Crippen LogP contribution in [0.3, 0.4) is 0 Å². The summed E-state index contributed by atoms with van der Waals surface area (Å²) in [7, 11) is -4.23. The number of para-hydroxylation sites is 1. The van der Waals surface area contributed by atoms with Crippen molar-refractivity contribution >= 4 is 21.7 Å². The van der Waals surface area contributed by atoms with Gasteiger partial charge in [0.2, 0.25) is 0 Å². The maximum absolute atomic E-state index is 13.9. The molecule has 30 heavy (non-hydrogen) atoms. The first kappa shape index (κ1) is 21.4. The summed E-state index contributed by atoms with van der Waals surface area (Å²) >= 11 is 0. The fourth-order valence-corrected chi connectivity index (χ4v) is 4.24. The van der Waals surface area contributed by atoms with Crippen molar-refractivity contribution in [3.8, 4) is 0 Å². The van der Waals surface area contributed by atoms with E-state index in [9.17, 15) is 22.0 Å². The molecule has 2 N–H and O–H groups in total. The Hall–Kier alpha value is -3.26. The van der Waals surface area contributed by atoms with Crippen molar-refractivity contribution in [3.05, 3.63) is 95.1 Å². The number of aromatic carboxylic acids is 1. The summed E-state index contributed by atoms with van der Waals surface area (Å²) in [6.07, 6.45) is 1.77. The van der Waals surface area contributed by atoms with E-state index in [1.54, 1.807) is 36.4 Å². The van der Waals surface area contributed by atoms with Gasteiger partial charge in [-0.1, -0.05) is 30.3 Å². The Labute approximate surface area is 173 Å². The minimum absolute atomic E-state index is 0.210. The molecule has 0 atom stereocenters. The predicted molar refractivity (Wildman–Crippen MR) is 109 cm³/mol. The van der Waals surface area contributed by atoms with Gasteiger partial charge in [0.1, 0.15) is 16.5 Å². The highest BCUT2D eigenvalue weighted by molar-refractivity contribution is 7.92. The van der Waals surface area contributed by atoms with Gasteiger partial charge in [0.15, 0.2) is 0 Å². The standard InChI is InChI=1S/C22H19F2NO4S/c23-18-11-12-21(19(24)14-18)30(28,29)25-20-10-2-1-7-16(20)8-3-5-15-6-4-9-17(13-15)22(26)27/h1-2,4,6-7,9-14,25H,3,5,8H2,(H,26,27). The second kappa shape index (κ2) is 9.04. The third-order valence-corrected chi connectivity index (χ3v) is 5.93. The fraction of sp³-hybridized carbons (Fsp3) is 0.136. The van der Waals surface area contributed by atoms with Crippen LogP contribution in [0.4, 0.5) is 14.5 Å². The molecule has 0 amide bonds. The van der Waals surface area contributed by atoms with Crippen molar-refractivity contribution in [1.29, 1.82) is 0 Å². The highest BCUT2D eigenvalue weighted by Gasteiger charge is 2.20. The van der Waals surface area contributed by atoms with Crippen LogP contribution < -0.4 is 4.72 Å². The lowest BCUT2D eigenvalue weighted by Gasteiger charge is -2.13. The van der Waals surface area contributed by atoms with Crippen molar-refractivity contribution in [2.24, 2.45) is 0 Å². The number of carbonyl (C=O) groups is 1. The Morgan fingerprint density at radius 3 is 2.43 bits per heavy atom. The zero-order valence-corrected chi connectivity index (χ0v) is 16.6. The lowest BCUT2D eigenvalue weighted by atomic mass is 10.0. The van der Waals surface area contributed by atoms with Crippen molar-refractivity contribution < 1.29 is 27.1 Å². The largest absolute Gasteiger partial charge is 0.478 e. The fourth-order valence-electron chi connectivity index (χ4n) is 3.07. The van der Waals surface area contributed by atoms with Crippen LogP contribution in [0.1, 0.15) is 27.9 Å². The second-order valence-electron chi connectivity index (χ2n) is 6.70. The molecule has 0 aliphatic heterocycles. The first-order valence-electron chi connectivity index (χ1n) is 9.14. The minimum atomic E-state index is -4.23. The number of hydrogen-bond donors (Lipinski definition) is 2. The molecular formula is C22H19F2NO4S. The number of hydrogen-bond acceptors (Lipinski definition) is 3. The van der Waals surface area contributed by atoms with Crippen molar-refractivity contribution in [2.45, 2.75) is 24.2 Å². The van der Waals surface area contributed by atoms with Gasteiger partial charge in [0.05, 0.1) is 11.3 Å². The molecule has 3 aromatic carbocycles. The van der Waals surface area contributed by atoms with Gasteiger partial charge in [-0.3, -0.25) is 4.72 Å². The normalized spacial score (nSPS) is 11.3. The van der Waals surface area contributed by atoms with Gasteiger partial charge in [-0.15, -0.1) is 0 Å². The van der Waals surface area contributed by atoms with Crippen molar-refractivity contribution in [2.75, 3.05) is 4.72 Å². The molecule has 8 heteroatoms. The summed E-state index contributed by atoms with van der Waals surface area (Å²) in [4.78, 5) is 10.4. The van der Waals surface area contributed by atoms with Gasteiger partial charge in [0, 0.05) is 6.07 Å². The summed E-state index contributed by atoms with van der Waals surface area (Å²) in [5.74, 6) is -3.03. The SMILES string of the molecule is O=C(O)c1cccc(CCCc2ccccc2NS(=O)(=O)c2ccc(F)cc2F)c1. The van der Waals surface area contributed by atoms with Crippen LogP contribution in [-0.2, 0) is 22.9 Å². The molecule has 0 aliphatic carbocycles. The summed E-state index contributed by atoms with van der Waals surface area (Å²) in [6.45, 7) is 0. The molecule has 0 bridgehead atoms. The van der Waals surface area contributed by atoms with Crippen LogP contribution in [0.5, 0.6) is 0 Å². The van der Waals surface area contributed by atoms with E-state index in [0.717, 1.165) is 17.7 Å². The highest BCUT2D eigenvalue weighted by atomic mass is 32.2. The first-order chi connectivity index (χ1) is 14.3. The van der Waals surface area contributed by atoms with E-state index in [-0.39, 0.29) is 5.56 Å². The van der Waals surface area contributed by atoms with E-state index < -0.39 is 32.5 Å². The van der Waals surface area contributed by atoms with Gasteiger partial charge in [0.25, 0.3) is 10.0 Å². The zero-order valence-electron chi connectivity index (χ0n) is 15.8. The third kappa shape index (κ3) is 5.21. The van der Waals surface area contributed by atoms with Crippen LogP contribution in [0.2, 0.25) is 0 Å². The number of nitrogens with one attached hydrogen (secondary N) is 1. The molecule has 156 valence electrons. The van der Waals surface area contributed by atoms with Crippen LogP contribution in [-0.4, -0.2) is 19.5 Å². The first-order valence-corrected chi connectivity index (χ1v) is 10.6. The molecule has 0 unspecified atom stereocenters. The molecule has 0 aliphatic rings. The van der Waals surface area contributed by atoms with E-state index >= 15 is 0 Å². The smallest absolute Gasteiger partial charge is 0.335 e. The maximum atomic E-state index is 13.9. The molecule has 3 aromatic rings. The lowest BCUT2D eigenvalue weighted by Crippen LogP contribution is -2.16. The molecule has 3 rings (SSSR count). The minimum Gasteiger partial charge on any atom is -0.478 e. The van der Waals surface area contributed by atoms with Gasteiger partial charge >= 0.3 is 5.97 Å². The Morgan fingerprint density at radius 1 is 0.933 bits per heavy atom. The molecule has 0 heterocycles. The summed E-state index contributed by atoms with van der Waals surface area (Å²) in [6, 6.07) is 15.7. The predicted octanol–water partition coefficient (Wildman–Crippen LogP) is 4.64. The zero-order chi connectivity index (χ0) is 21.7. The van der Waals surface area contributed by atoms with E-state index in [1.807, 2.05) is 6.07 Å². The van der Waals surface area contributed by atoms with Crippen LogP contribution >= 0.6 is 0 Å². The average Bonchev–Trinajstić information content (AvgIpc) is 2.69. The average molecular weight is 431 g/mol. The number of carboxylic acid groups (broad SMARTS) is 1. The molecule has 0 fully saturated rings. The molecule has 5 nitrogen and oxygen atoms in total. The van der Waals surface area contributed by atoms with Gasteiger partial charge in [-0.2, -0.15) is 0 Å². The van der Waals surface area contributed by atoms with Crippen molar-refractivity contribution in [3.63, 3.8) is 0 Å². The number of anilines is 1. The summed E-state index contributed by atoms with van der Waals surface area (Å²) in [5, 5.41) is 9.07. The number of aryl methyl sites for hydroxylation is 2. The van der Waals surface area contributed by atoms with Gasteiger partial charge in [-0.25, -0.2) is 22.0 Å².